The molecule has 0 aliphatic rings. The van der Waals surface area contributed by atoms with Crippen LogP contribution in [-0.4, -0.2) is 0 Å². The highest BCUT2D eigenvalue weighted by Crippen LogP contribution is 2.13. The molecule has 1 aromatic rings. The Labute approximate surface area is 68.5 Å². The van der Waals surface area contributed by atoms with Crippen molar-refractivity contribution in [2.75, 3.05) is 5.73 Å². The fourth-order valence-corrected chi connectivity index (χ4v) is 0.645. The van der Waals surface area contributed by atoms with E-state index in [0.717, 1.165) is 5.56 Å². The number of halogens is 1. The first-order valence-electron chi connectivity index (χ1n) is 3.72. The van der Waals surface area contributed by atoms with Crippen LogP contribution in [-0.2, 0) is 0 Å². The zero-order valence-electron chi connectivity index (χ0n) is 7.19. The SMILES string of the molecule is CC.Cc1cccc(F)c1N.[HH]. The van der Waals surface area contributed by atoms with Gasteiger partial charge in [-0.05, 0) is 18.6 Å². The monoisotopic (exact) mass is 157 g/mol. The van der Waals surface area contributed by atoms with Crippen LogP contribution in [0.5, 0.6) is 0 Å². The lowest BCUT2D eigenvalue weighted by Gasteiger charge is -1.97. The summed E-state index contributed by atoms with van der Waals surface area (Å²) in [5.41, 5.74) is 6.34. The van der Waals surface area contributed by atoms with Crippen LogP contribution in [0.1, 0.15) is 20.8 Å². The molecule has 0 spiro atoms. The van der Waals surface area contributed by atoms with Gasteiger partial charge in [0.15, 0.2) is 0 Å². The van der Waals surface area contributed by atoms with Gasteiger partial charge in [-0.3, -0.25) is 0 Å². The van der Waals surface area contributed by atoms with Gasteiger partial charge < -0.3 is 5.73 Å². The zero-order chi connectivity index (χ0) is 8.85. The lowest BCUT2D eigenvalue weighted by atomic mass is 10.2. The predicted molar refractivity (Wildman–Crippen MR) is 49.0 cm³/mol. The molecule has 0 aromatic heterocycles. The van der Waals surface area contributed by atoms with Crippen LogP contribution in [0.25, 0.3) is 0 Å². The molecule has 64 valence electrons. The van der Waals surface area contributed by atoms with E-state index >= 15 is 0 Å². The number of anilines is 1. The summed E-state index contributed by atoms with van der Waals surface area (Å²) >= 11 is 0. The first kappa shape index (κ1) is 9.95. The van der Waals surface area contributed by atoms with Gasteiger partial charge in [0.25, 0.3) is 0 Å². The van der Waals surface area contributed by atoms with Crippen LogP contribution in [0.4, 0.5) is 10.1 Å². The largest absolute Gasteiger partial charge is 0.396 e. The smallest absolute Gasteiger partial charge is 0.146 e. The zero-order valence-corrected chi connectivity index (χ0v) is 7.19. The third-order valence-corrected chi connectivity index (χ3v) is 1.27. The molecule has 2 heteroatoms. The second kappa shape index (κ2) is 4.72. The molecule has 0 atom stereocenters. The summed E-state index contributed by atoms with van der Waals surface area (Å²) in [6.07, 6.45) is 0. The van der Waals surface area contributed by atoms with Gasteiger partial charge in [0.1, 0.15) is 5.82 Å². The molecule has 0 unspecified atom stereocenters. The van der Waals surface area contributed by atoms with Crippen LogP contribution in [0.2, 0.25) is 0 Å². The molecular weight excluding hydrogens is 141 g/mol. The van der Waals surface area contributed by atoms with Gasteiger partial charge in [-0.2, -0.15) is 0 Å². The number of hydrogen-bond donors (Lipinski definition) is 1. The van der Waals surface area contributed by atoms with E-state index in [-0.39, 0.29) is 12.9 Å². The minimum atomic E-state index is -0.338. The lowest BCUT2D eigenvalue weighted by Crippen LogP contribution is -1.92. The van der Waals surface area contributed by atoms with E-state index in [1.165, 1.54) is 6.07 Å². The standard InChI is InChI=1S/C7H8FN.C2H6.H2/c1-5-3-2-4-6(8)7(5)9;1-2;/h2-4H,9H2,1H3;1-2H3;1H. The number of hydrogen-bond acceptors (Lipinski definition) is 1. The maximum Gasteiger partial charge on any atom is 0.146 e. The van der Waals surface area contributed by atoms with E-state index in [0.29, 0.717) is 0 Å². The number of aryl methyl sites for hydroxylation is 1. The van der Waals surface area contributed by atoms with Crippen molar-refractivity contribution in [3.63, 3.8) is 0 Å². The van der Waals surface area contributed by atoms with Crippen LogP contribution in [0.15, 0.2) is 18.2 Å². The van der Waals surface area contributed by atoms with Crippen molar-refractivity contribution >= 4 is 5.69 Å². The molecule has 0 heterocycles. The van der Waals surface area contributed by atoms with Gasteiger partial charge >= 0.3 is 0 Å². The number of benzene rings is 1. The summed E-state index contributed by atoms with van der Waals surface area (Å²) in [5, 5.41) is 0. The predicted octanol–water partition coefficient (Wildman–Crippen LogP) is 2.99. The van der Waals surface area contributed by atoms with E-state index in [4.69, 9.17) is 5.73 Å². The first-order chi connectivity index (χ1) is 5.22. The Bertz CT molecular complexity index is 206. The van der Waals surface area contributed by atoms with E-state index in [1.54, 1.807) is 19.1 Å². The van der Waals surface area contributed by atoms with Gasteiger partial charge in [-0.25, -0.2) is 4.39 Å². The van der Waals surface area contributed by atoms with Gasteiger partial charge in [-0.15, -0.1) is 0 Å². The molecule has 0 bridgehead atoms. The van der Waals surface area contributed by atoms with Crippen LogP contribution >= 0.6 is 0 Å². The van der Waals surface area contributed by atoms with Crippen molar-refractivity contribution in [3.8, 4) is 0 Å². The van der Waals surface area contributed by atoms with E-state index in [1.807, 2.05) is 13.8 Å². The highest BCUT2D eigenvalue weighted by atomic mass is 19.1. The van der Waals surface area contributed by atoms with E-state index < -0.39 is 0 Å². The highest BCUT2D eigenvalue weighted by molar-refractivity contribution is 5.46. The Kier molecular flexibility index (Phi) is 4.27. The van der Waals surface area contributed by atoms with Gasteiger partial charge in [0.05, 0.1) is 5.69 Å². The average molecular weight is 157 g/mol. The van der Waals surface area contributed by atoms with Gasteiger partial charge in [0.2, 0.25) is 0 Å². The lowest BCUT2D eigenvalue weighted by molar-refractivity contribution is 0.631. The van der Waals surface area contributed by atoms with Crippen molar-refractivity contribution in [2.45, 2.75) is 20.8 Å². The molecule has 1 nitrogen and oxygen atoms in total. The van der Waals surface area contributed by atoms with Crippen molar-refractivity contribution in [2.24, 2.45) is 0 Å². The molecule has 0 aliphatic heterocycles. The molecule has 0 radical (unpaired) electrons. The third kappa shape index (κ3) is 2.58. The van der Waals surface area contributed by atoms with E-state index in [2.05, 4.69) is 0 Å². The number of nitrogen functional groups attached to an aromatic ring is 1. The van der Waals surface area contributed by atoms with Gasteiger partial charge in [-0.1, -0.05) is 26.0 Å². The van der Waals surface area contributed by atoms with Crippen LogP contribution in [0, 0.1) is 12.7 Å². The molecule has 11 heavy (non-hydrogen) atoms. The molecule has 0 amide bonds. The maximum atomic E-state index is 12.5. The molecule has 0 fully saturated rings. The topological polar surface area (TPSA) is 26.0 Å². The molecule has 2 N–H and O–H groups in total. The van der Waals surface area contributed by atoms with Crippen LogP contribution in [0.3, 0.4) is 0 Å². The number of para-hydroxylation sites is 1. The Morgan fingerprint density at radius 1 is 1.36 bits per heavy atom. The fraction of sp³-hybridized carbons (Fsp3) is 0.333. The Morgan fingerprint density at radius 2 is 1.91 bits per heavy atom. The molecule has 0 aliphatic carbocycles. The Hall–Kier alpha value is -1.05. The van der Waals surface area contributed by atoms with Crippen molar-refractivity contribution < 1.29 is 5.82 Å². The summed E-state index contributed by atoms with van der Waals surface area (Å²) in [4.78, 5) is 0. The average Bonchev–Trinajstić information content (AvgIpc) is 2.04. The van der Waals surface area contributed by atoms with Crippen molar-refractivity contribution in [1.82, 2.24) is 0 Å². The van der Waals surface area contributed by atoms with Crippen LogP contribution < -0.4 is 5.73 Å². The Morgan fingerprint density at radius 3 is 2.27 bits per heavy atom. The fourth-order valence-electron chi connectivity index (χ4n) is 0.645. The molecular formula is C9H16FN. The van der Waals surface area contributed by atoms with Gasteiger partial charge in [0, 0.05) is 1.43 Å². The Balaban J connectivity index is 0. The quantitative estimate of drug-likeness (QED) is 0.575. The maximum absolute atomic E-state index is 12.5. The normalized spacial score (nSPS) is 8.36. The molecule has 1 aromatic carbocycles. The molecule has 0 saturated carbocycles. The second-order valence-electron chi connectivity index (χ2n) is 1.97. The summed E-state index contributed by atoms with van der Waals surface area (Å²) in [7, 11) is 0. The number of nitrogens with two attached hydrogens (primary N) is 1. The molecule has 1 rings (SSSR count). The third-order valence-electron chi connectivity index (χ3n) is 1.27. The van der Waals surface area contributed by atoms with Crippen molar-refractivity contribution in [1.29, 1.82) is 0 Å². The summed E-state index contributed by atoms with van der Waals surface area (Å²) in [6.45, 7) is 5.78. The number of rotatable bonds is 0. The summed E-state index contributed by atoms with van der Waals surface area (Å²) < 4.78 is 12.5. The molecule has 0 saturated heterocycles. The van der Waals surface area contributed by atoms with E-state index in [9.17, 15) is 4.39 Å². The minimum Gasteiger partial charge on any atom is -0.396 e. The summed E-state index contributed by atoms with van der Waals surface area (Å²) in [5.74, 6) is -0.338. The summed E-state index contributed by atoms with van der Waals surface area (Å²) in [6, 6.07) is 4.77. The second-order valence-corrected chi connectivity index (χ2v) is 1.97. The first-order valence-corrected chi connectivity index (χ1v) is 3.72. The minimum absolute atomic E-state index is 0. The highest BCUT2D eigenvalue weighted by Gasteiger charge is 1.96. The van der Waals surface area contributed by atoms with Crippen molar-refractivity contribution in [3.05, 3.63) is 29.6 Å².